The first kappa shape index (κ1) is 27.4. The summed E-state index contributed by atoms with van der Waals surface area (Å²) in [7, 11) is 0. The van der Waals surface area contributed by atoms with Gasteiger partial charge in [0.15, 0.2) is 0 Å². The van der Waals surface area contributed by atoms with Crippen LogP contribution in [0.4, 0.5) is 0 Å². The van der Waals surface area contributed by atoms with E-state index in [1.807, 2.05) is 13.8 Å². The van der Waals surface area contributed by atoms with Crippen LogP contribution in [-0.4, -0.2) is 68.7 Å². The van der Waals surface area contributed by atoms with Gasteiger partial charge in [-0.1, -0.05) is 27.7 Å². The third-order valence-corrected chi connectivity index (χ3v) is 5.14. The molecule has 1 rings (SSSR count). The van der Waals surface area contributed by atoms with Crippen molar-refractivity contribution in [2.24, 2.45) is 17.6 Å². The molecule has 0 aliphatic rings. The normalized spacial score (nSPS) is 15.0. The van der Waals surface area contributed by atoms with Crippen molar-refractivity contribution in [2.75, 3.05) is 5.75 Å². The first-order valence-electron chi connectivity index (χ1n) is 10.4. The number of carboxylic acids is 1. The number of aromatic amines is 1. The summed E-state index contributed by atoms with van der Waals surface area (Å²) in [4.78, 5) is 56.3. The number of aliphatic carboxylic acids is 1. The number of amides is 3. The van der Waals surface area contributed by atoms with E-state index < -0.39 is 47.9 Å². The highest BCUT2D eigenvalue weighted by atomic mass is 32.1. The van der Waals surface area contributed by atoms with E-state index >= 15 is 0 Å². The number of aromatic nitrogens is 2. The molecule has 4 unspecified atom stereocenters. The van der Waals surface area contributed by atoms with Crippen LogP contribution in [-0.2, 0) is 25.6 Å². The van der Waals surface area contributed by atoms with Gasteiger partial charge >= 0.3 is 5.97 Å². The Morgan fingerprint density at radius 2 is 1.59 bits per heavy atom. The maximum absolute atomic E-state index is 13.0. The first-order chi connectivity index (χ1) is 15.0. The molecule has 0 aliphatic carbocycles. The second-order valence-electron chi connectivity index (χ2n) is 8.38. The quantitative estimate of drug-likeness (QED) is 0.189. The van der Waals surface area contributed by atoms with Crippen molar-refractivity contribution in [3.8, 4) is 0 Å². The first-order valence-corrected chi connectivity index (χ1v) is 11.1. The van der Waals surface area contributed by atoms with Crippen LogP contribution in [0.2, 0.25) is 0 Å². The smallest absolute Gasteiger partial charge is 0.327 e. The SMILES string of the molecule is CC(C)CC(NC(=O)C(N)C(C)C)C(=O)NC(Cc1cnc[nH]1)C(=O)NC(CS)C(=O)O. The Labute approximate surface area is 193 Å². The number of carbonyl (C=O) groups excluding carboxylic acids is 3. The lowest BCUT2D eigenvalue weighted by Gasteiger charge is -2.26. The highest BCUT2D eigenvalue weighted by Gasteiger charge is 2.31. The molecule has 0 radical (unpaired) electrons. The number of nitrogens with one attached hydrogen (secondary N) is 4. The third kappa shape index (κ3) is 8.87. The monoisotopic (exact) mass is 470 g/mol. The van der Waals surface area contributed by atoms with Gasteiger partial charge in [0.05, 0.1) is 12.4 Å². The summed E-state index contributed by atoms with van der Waals surface area (Å²) in [5.41, 5.74) is 6.46. The van der Waals surface area contributed by atoms with Crippen molar-refractivity contribution in [2.45, 2.75) is 64.7 Å². The van der Waals surface area contributed by atoms with E-state index in [0.29, 0.717) is 12.1 Å². The minimum Gasteiger partial charge on any atom is -0.480 e. The van der Waals surface area contributed by atoms with E-state index in [4.69, 9.17) is 5.73 Å². The fourth-order valence-corrected chi connectivity index (χ4v) is 3.08. The molecule has 11 nitrogen and oxygen atoms in total. The van der Waals surface area contributed by atoms with E-state index in [0.717, 1.165) is 0 Å². The largest absolute Gasteiger partial charge is 0.480 e. The van der Waals surface area contributed by atoms with E-state index in [2.05, 4.69) is 38.5 Å². The molecule has 1 aromatic rings. The number of rotatable bonds is 13. The van der Waals surface area contributed by atoms with Crippen LogP contribution in [0.1, 0.15) is 39.8 Å². The second-order valence-corrected chi connectivity index (χ2v) is 8.75. The second kappa shape index (κ2) is 13.1. The Balaban J connectivity index is 3.03. The van der Waals surface area contributed by atoms with E-state index in [1.165, 1.54) is 12.5 Å². The fraction of sp³-hybridized carbons (Fsp3) is 0.650. The zero-order valence-corrected chi connectivity index (χ0v) is 19.7. The van der Waals surface area contributed by atoms with Gasteiger partial charge in [0.25, 0.3) is 0 Å². The molecular formula is C20H34N6O5S. The molecule has 180 valence electrons. The van der Waals surface area contributed by atoms with E-state index in [9.17, 15) is 24.3 Å². The maximum atomic E-state index is 13.0. The lowest BCUT2D eigenvalue weighted by atomic mass is 10.00. The minimum atomic E-state index is -1.24. The van der Waals surface area contributed by atoms with Crippen molar-refractivity contribution in [1.82, 2.24) is 25.9 Å². The van der Waals surface area contributed by atoms with Gasteiger partial charge in [0.2, 0.25) is 17.7 Å². The highest BCUT2D eigenvalue weighted by molar-refractivity contribution is 7.80. The van der Waals surface area contributed by atoms with Gasteiger partial charge < -0.3 is 31.8 Å². The van der Waals surface area contributed by atoms with Crippen molar-refractivity contribution < 1.29 is 24.3 Å². The van der Waals surface area contributed by atoms with Gasteiger partial charge in [0, 0.05) is 24.1 Å². The molecule has 7 N–H and O–H groups in total. The summed E-state index contributed by atoms with van der Waals surface area (Å²) in [6.45, 7) is 7.39. The number of hydrogen-bond donors (Lipinski definition) is 7. The number of thiol groups is 1. The Hall–Kier alpha value is -2.60. The van der Waals surface area contributed by atoms with Gasteiger partial charge in [-0.15, -0.1) is 0 Å². The van der Waals surface area contributed by atoms with Crippen LogP contribution in [0.25, 0.3) is 0 Å². The van der Waals surface area contributed by atoms with Crippen molar-refractivity contribution in [3.05, 3.63) is 18.2 Å². The predicted octanol–water partition coefficient (Wildman–Crippen LogP) is -0.550. The summed E-state index contributed by atoms with van der Waals surface area (Å²) in [5, 5.41) is 16.9. The van der Waals surface area contributed by atoms with Crippen LogP contribution in [0.15, 0.2) is 12.5 Å². The summed E-state index contributed by atoms with van der Waals surface area (Å²) in [5.74, 6) is -3.13. The molecule has 3 amide bonds. The number of nitrogens with zero attached hydrogens (tertiary/aromatic N) is 1. The van der Waals surface area contributed by atoms with Crippen LogP contribution in [0, 0.1) is 11.8 Å². The summed E-state index contributed by atoms with van der Waals surface area (Å²) < 4.78 is 0. The number of H-pyrrole nitrogens is 1. The van der Waals surface area contributed by atoms with E-state index in [1.54, 1.807) is 13.8 Å². The van der Waals surface area contributed by atoms with Crippen LogP contribution in [0.3, 0.4) is 0 Å². The molecule has 1 heterocycles. The van der Waals surface area contributed by atoms with Crippen LogP contribution >= 0.6 is 12.6 Å². The van der Waals surface area contributed by atoms with Crippen molar-refractivity contribution in [1.29, 1.82) is 0 Å². The molecule has 32 heavy (non-hydrogen) atoms. The third-order valence-electron chi connectivity index (χ3n) is 4.77. The minimum absolute atomic E-state index is 0.0460. The van der Waals surface area contributed by atoms with Gasteiger partial charge in [-0.05, 0) is 18.3 Å². The number of imidazole rings is 1. The number of carbonyl (C=O) groups is 4. The summed E-state index contributed by atoms with van der Waals surface area (Å²) in [6, 6.07) is -4.02. The lowest BCUT2D eigenvalue weighted by Crippen LogP contribution is -2.58. The van der Waals surface area contributed by atoms with Crippen LogP contribution in [0.5, 0.6) is 0 Å². The highest BCUT2D eigenvalue weighted by Crippen LogP contribution is 2.08. The number of carboxylic acid groups (broad SMARTS) is 1. The van der Waals surface area contributed by atoms with Gasteiger partial charge in [-0.2, -0.15) is 12.6 Å². The Bertz CT molecular complexity index is 771. The van der Waals surface area contributed by atoms with E-state index in [-0.39, 0.29) is 24.0 Å². The number of hydrogen-bond acceptors (Lipinski definition) is 7. The Morgan fingerprint density at radius 3 is 2.06 bits per heavy atom. The summed E-state index contributed by atoms with van der Waals surface area (Å²) in [6.07, 6.45) is 3.29. The fourth-order valence-electron chi connectivity index (χ4n) is 2.83. The molecular weight excluding hydrogens is 436 g/mol. The van der Waals surface area contributed by atoms with Gasteiger partial charge in [0.1, 0.15) is 18.1 Å². The molecule has 0 fully saturated rings. The molecule has 1 aromatic heterocycles. The topological polar surface area (TPSA) is 179 Å². The molecule has 12 heteroatoms. The summed E-state index contributed by atoms with van der Waals surface area (Å²) >= 11 is 3.94. The van der Waals surface area contributed by atoms with Crippen molar-refractivity contribution in [3.63, 3.8) is 0 Å². The lowest BCUT2D eigenvalue weighted by molar-refractivity contribution is -0.141. The van der Waals surface area contributed by atoms with Crippen LogP contribution < -0.4 is 21.7 Å². The van der Waals surface area contributed by atoms with Gasteiger partial charge in [-0.25, -0.2) is 9.78 Å². The molecule has 0 saturated carbocycles. The zero-order chi connectivity index (χ0) is 24.4. The molecule has 0 aliphatic heterocycles. The van der Waals surface area contributed by atoms with Crippen molar-refractivity contribution >= 4 is 36.3 Å². The molecule has 0 spiro atoms. The average molecular weight is 471 g/mol. The Morgan fingerprint density at radius 1 is 1.03 bits per heavy atom. The maximum Gasteiger partial charge on any atom is 0.327 e. The Kier molecular flexibility index (Phi) is 11.2. The number of nitrogens with two attached hydrogens (primary N) is 1. The molecule has 4 atom stereocenters. The van der Waals surface area contributed by atoms with Gasteiger partial charge in [-0.3, -0.25) is 14.4 Å². The average Bonchev–Trinajstić information content (AvgIpc) is 3.22. The predicted molar refractivity (Wildman–Crippen MR) is 122 cm³/mol. The molecule has 0 aromatic carbocycles. The molecule has 0 bridgehead atoms. The standard InChI is InChI=1S/C20H34N6O5S/c1-10(2)5-13(25-19(29)16(21)11(3)4)17(27)24-14(6-12-7-22-9-23-12)18(28)26-15(8-32)20(30)31/h7,9-11,13-16,32H,5-6,8,21H2,1-4H3,(H,22,23)(H,24,27)(H,25,29)(H,26,28)(H,30,31). The molecule has 0 saturated heterocycles. The zero-order valence-electron chi connectivity index (χ0n) is 18.8.